The number of para-hydroxylation sites is 1. The van der Waals surface area contributed by atoms with Gasteiger partial charge in [-0.1, -0.05) is 45.9 Å². The van der Waals surface area contributed by atoms with Crippen LogP contribution in [0.25, 0.3) is 10.9 Å². The van der Waals surface area contributed by atoms with Crippen LogP contribution in [0.1, 0.15) is 38.1 Å². The Balaban J connectivity index is 2.34. The molecule has 2 aromatic rings. The molecule has 1 aromatic carbocycles. The van der Waals surface area contributed by atoms with Crippen LogP contribution in [-0.4, -0.2) is 24.2 Å². The highest BCUT2D eigenvalue weighted by Gasteiger charge is 2.15. The number of hydrogen-bond acceptors (Lipinski definition) is 4. The highest BCUT2D eigenvalue weighted by atomic mass is 16.5. The fourth-order valence-electron chi connectivity index (χ4n) is 1.97. The number of pyridine rings is 1. The van der Waals surface area contributed by atoms with Crippen LogP contribution in [0.15, 0.2) is 30.3 Å². The van der Waals surface area contributed by atoms with E-state index in [0.29, 0.717) is 36.5 Å². The zero-order valence-electron chi connectivity index (χ0n) is 13.6. The molecule has 0 amide bonds. The molecule has 0 bridgehead atoms. The van der Waals surface area contributed by atoms with Gasteiger partial charge in [0.15, 0.2) is 0 Å². The number of rotatable bonds is 6. The molecule has 4 nitrogen and oxygen atoms in total. The molecule has 0 atom stereocenters. The summed E-state index contributed by atoms with van der Waals surface area (Å²) in [7, 11) is 0. The number of aromatic nitrogens is 1. The second-order valence-electron chi connectivity index (χ2n) is 6.22. The maximum Gasteiger partial charge on any atom is 0.339 e. The molecule has 0 radical (unpaired) electrons. The summed E-state index contributed by atoms with van der Waals surface area (Å²) in [6.45, 7) is 9.12. The van der Waals surface area contributed by atoms with Crippen LogP contribution in [-0.2, 0) is 4.74 Å². The van der Waals surface area contributed by atoms with Gasteiger partial charge in [0.2, 0.25) is 5.88 Å². The molecular formula is C18H23NO3. The number of ether oxygens (including phenoxy) is 2. The lowest BCUT2D eigenvalue weighted by Gasteiger charge is -2.12. The van der Waals surface area contributed by atoms with Crippen LogP contribution in [0.5, 0.6) is 5.88 Å². The van der Waals surface area contributed by atoms with Crippen molar-refractivity contribution in [2.45, 2.75) is 27.7 Å². The Bertz CT molecular complexity index is 650. The molecule has 2 rings (SSSR count). The van der Waals surface area contributed by atoms with Gasteiger partial charge in [0.1, 0.15) is 0 Å². The predicted octanol–water partition coefficient (Wildman–Crippen LogP) is 4.08. The lowest BCUT2D eigenvalue weighted by atomic mass is 10.1. The van der Waals surface area contributed by atoms with Gasteiger partial charge < -0.3 is 9.47 Å². The molecule has 0 spiro atoms. The van der Waals surface area contributed by atoms with E-state index >= 15 is 0 Å². The van der Waals surface area contributed by atoms with E-state index in [1.807, 2.05) is 38.1 Å². The Hall–Kier alpha value is -2.10. The first-order valence-electron chi connectivity index (χ1n) is 7.67. The fourth-order valence-corrected chi connectivity index (χ4v) is 1.97. The lowest BCUT2D eigenvalue weighted by Crippen LogP contribution is -2.12. The number of carbonyl (C=O) groups is 1. The van der Waals surface area contributed by atoms with E-state index in [1.165, 1.54) is 0 Å². The van der Waals surface area contributed by atoms with Gasteiger partial charge in [-0.3, -0.25) is 0 Å². The summed E-state index contributed by atoms with van der Waals surface area (Å²) in [6.07, 6.45) is 0. The highest BCUT2D eigenvalue weighted by molar-refractivity contribution is 6.03. The minimum Gasteiger partial charge on any atom is -0.477 e. The highest BCUT2D eigenvalue weighted by Crippen LogP contribution is 2.23. The third-order valence-corrected chi connectivity index (χ3v) is 3.02. The molecule has 4 heteroatoms. The Morgan fingerprint density at radius 1 is 1.09 bits per heavy atom. The predicted molar refractivity (Wildman–Crippen MR) is 87.2 cm³/mol. The molecule has 1 aromatic heterocycles. The van der Waals surface area contributed by atoms with Gasteiger partial charge >= 0.3 is 5.97 Å². The fraction of sp³-hybridized carbons (Fsp3) is 0.444. The number of esters is 1. The summed E-state index contributed by atoms with van der Waals surface area (Å²) in [5.41, 5.74) is 1.24. The van der Waals surface area contributed by atoms with Crippen LogP contribution >= 0.6 is 0 Å². The van der Waals surface area contributed by atoms with E-state index in [9.17, 15) is 4.79 Å². The van der Waals surface area contributed by atoms with E-state index in [-0.39, 0.29) is 5.97 Å². The summed E-state index contributed by atoms with van der Waals surface area (Å²) in [4.78, 5) is 16.8. The van der Waals surface area contributed by atoms with Crippen molar-refractivity contribution < 1.29 is 14.3 Å². The Labute approximate surface area is 131 Å². The quantitative estimate of drug-likeness (QED) is 0.754. The smallest absolute Gasteiger partial charge is 0.339 e. The van der Waals surface area contributed by atoms with Crippen LogP contribution < -0.4 is 4.74 Å². The van der Waals surface area contributed by atoms with Crippen LogP contribution in [0.3, 0.4) is 0 Å². The van der Waals surface area contributed by atoms with Crippen molar-refractivity contribution >= 4 is 16.9 Å². The maximum atomic E-state index is 12.3. The van der Waals surface area contributed by atoms with E-state index in [0.717, 1.165) is 10.9 Å². The van der Waals surface area contributed by atoms with Crippen molar-refractivity contribution in [2.24, 2.45) is 11.8 Å². The second-order valence-corrected chi connectivity index (χ2v) is 6.22. The summed E-state index contributed by atoms with van der Waals surface area (Å²) < 4.78 is 11.0. The summed E-state index contributed by atoms with van der Waals surface area (Å²) in [5, 5.41) is 0.785. The number of fused-ring (bicyclic) bond motifs is 1. The van der Waals surface area contributed by atoms with Gasteiger partial charge in [0, 0.05) is 11.5 Å². The molecule has 1 heterocycles. The maximum absolute atomic E-state index is 12.3. The lowest BCUT2D eigenvalue weighted by molar-refractivity contribution is 0.0460. The van der Waals surface area contributed by atoms with Gasteiger partial charge in [0.25, 0.3) is 0 Å². The van der Waals surface area contributed by atoms with E-state index in [2.05, 4.69) is 18.8 Å². The first kappa shape index (κ1) is 16.3. The van der Waals surface area contributed by atoms with Gasteiger partial charge in [0.05, 0.1) is 24.3 Å². The molecule has 0 aliphatic rings. The zero-order valence-corrected chi connectivity index (χ0v) is 13.6. The third kappa shape index (κ3) is 4.20. The molecule has 0 N–H and O–H groups in total. The van der Waals surface area contributed by atoms with Crippen molar-refractivity contribution in [3.05, 3.63) is 35.9 Å². The van der Waals surface area contributed by atoms with E-state index < -0.39 is 0 Å². The zero-order chi connectivity index (χ0) is 16.1. The molecule has 118 valence electrons. The van der Waals surface area contributed by atoms with Gasteiger partial charge in [-0.05, 0) is 17.9 Å². The van der Waals surface area contributed by atoms with Crippen molar-refractivity contribution in [1.82, 2.24) is 4.98 Å². The first-order chi connectivity index (χ1) is 10.5. The number of benzene rings is 1. The van der Waals surface area contributed by atoms with E-state index in [1.54, 1.807) is 6.07 Å². The summed E-state index contributed by atoms with van der Waals surface area (Å²) in [5.74, 6) is 0.823. The van der Waals surface area contributed by atoms with Gasteiger partial charge in [-0.15, -0.1) is 0 Å². The second kappa shape index (κ2) is 7.25. The Morgan fingerprint density at radius 3 is 2.45 bits per heavy atom. The first-order valence-corrected chi connectivity index (χ1v) is 7.67. The van der Waals surface area contributed by atoms with Crippen LogP contribution in [0.2, 0.25) is 0 Å². The van der Waals surface area contributed by atoms with Crippen molar-refractivity contribution in [1.29, 1.82) is 0 Å². The Kier molecular flexibility index (Phi) is 5.36. The van der Waals surface area contributed by atoms with Crippen molar-refractivity contribution in [3.63, 3.8) is 0 Å². The average Bonchev–Trinajstić information content (AvgIpc) is 2.49. The molecule has 22 heavy (non-hydrogen) atoms. The molecule has 0 aliphatic carbocycles. The average molecular weight is 301 g/mol. The summed E-state index contributed by atoms with van der Waals surface area (Å²) in [6, 6.07) is 9.20. The van der Waals surface area contributed by atoms with Crippen LogP contribution in [0, 0.1) is 11.8 Å². The molecular weight excluding hydrogens is 278 g/mol. The number of nitrogens with zero attached hydrogens (tertiary/aromatic N) is 1. The van der Waals surface area contributed by atoms with Crippen molar-refractivity contribution in [3.8, 4) is 5.88 Å². The topological polar surface area (TPSA) is 48.4 Å². The standard InChI is InChI=1S/C18H23NO3/c1-12(2)10-21-17-9-15(18(20)22-11-13(3)4)14-7-5-6-8-16(14)19-17/h5-9,12-13H,10-11H2,1-4H3. The van der Waals surface area contributed by atoms with Gasteiger partial charge in [-0.25, -0.2) is 9.78 Å². The number of hydrogen-bond donors (Lipinski definition) is 0. The molecule has 0 saturated heterocycles. The SMILES string of the molecule is CC(C)COC(=O)c1cc(OCC(C)C)nc2ccccc12. The molecule has 0 saturated carbocycles. The minimum atomic E-state index is -0.332. The monoisotopic (exact) mass is 301 g/mol. The summed E-state index contributed by atoms with van der Waals surface area (Å²) >= 11 is 0. The largest absolute Gasteiger partial charge is 0.477 e. The van der Waals surface area contributed by atoms with Crippen molar-refractivity contribution in [2.75, 3.05) is 13.2 Å². The molecule has 0 fully saturated rings. The van der Waals surface area contributed by atoms with E-state index in [4.69, 9.17) is 9.47 Å². The molecule has 0 unspecified atom stereocenters. The van der Waals surface area contributed by atoms with Crippen LogP contribution in [0.4, 0.5) is 0 Å². The number of carbonyl (C=O) groups excluding carboxylic acids is 1. The third-order valence-electron chi connectivity index (χ3n) is 3.02. The Morgan fingerprint density at radius 2 is 1.77 bits per heavy atom. The molecule has 0 aliphatic heterocycles. The normalized spacial score (nSPS) is 11.2. The minimum absolute atomic E-state index is 0.300. The van der Waals surface area contributed by atoms with Gasteiger partial charge in [-0.2, -0.15) is 0 Å².